The van der Waals surface area contributed by atoms with Crippen LogP contribution in [0.3, 0.4) is 0 Å². The van der Waals surface area contributed by atoms with E-state index in [0.717, 1.165) is 10.7 Å². The van der Waals surface area contributed by atoms with Crippen molar-refractivity contribution in [3.63, 3.8) is 0 Å². The first kappa shape index (κ1) is 11.5. The number of hydrogen-bond acceptors (Lipinski definition) is 4. The zero-order chi connectivity index (χ0) is 10.7. The van der Waals surface area contributed by atoms with E-state index < -0.39 is 0 Å². The van der Waals surface area contributed by atoms with Gasteiger partial charge in [0.25, 0.3) is 0 Å². The highest BCUT2D eigenvalue weighted by Crippen LogP contribution is 2.17. The zero-order valence-corrected chi connectivity index (χ0v) is 10.2. The van der Waals surface area contributed by atoms with Gasteiger partial charge in [0.2, 0.25) is 5.91 Å². The lowest BCUT2D eigenvalue weighted by Crippen LogP contribution is -2.31. The molecule has 0 radical (unpaired) electrons. The maximum Gasteiger partial charge on any atom is 0.233 e. The Morgan fingerprint density at radius 2 is 2.29 bits per heavy atom. The normalized spacial score (nSPS) is 14.9. The molecule has 1 N–H and O–H groups in total. The van der Waals surface area contributed by atoms with Crippen molar-refractivity contribution in [1.29, 1.82) is 0 Å². The van der Waals surface area contributed by atoms with Crippen molar-refractivity contribution in [2.24, 2.45) is 0 Å². The first-order valence-electron chi connectivity index (χ1n) is 4.41. The van der Waals surface area contributed by atoms with Crippen LogP contribution in [-0.2, 0) is 4.79 Å². The molecule has 2 atom stereocenters. The molecule has 1 heterocycles. The smallest absolute Gasteiger partial charge is 0.233 e. The van der Waals surface area contributed by atoms with Crippen molar-refractivity contribution < 1.29 is 4.79 Å². The van der Waals surface area contributed by atoms with Crippen LogP contribution in [0.1, 0.15) is 30.6 Å². The summed E-state index contributed by atoms with van der Waals surface area (Å²) in [6.07, 6.45) is 0. The molecular formula is C9H14N2OS2. The Bertz CT molecular complexity index is 322. The molecular weight excluding hydrogens is 216 g/mol. The fourth-order valence-corrected chi connectivity index (χ4v) is 1.85. The first-order chi connectivity index (χ1) is 6.50. The van der Waals surface area contributed by atoms with E-state index in [1.165, 1.54) is 0 Å². The average Bonchev–Trinajstić information content (AvgIpc) is 2.51. The van der Waals surface area contributed by atoms with Gasteiger partial charge in [-0.3, -0.25) is 4.79 Å². The van der Waals surface area contributed by atoms with Gasteiger partial charge in [0.15, 0.2) is 0 Å². The summed E-state index contributed by atoms with van der Waals surface area (Å²) in [5, 5.41) is 5.47. The van der Waals surface area contributed by atoms with E-state index in [0.29, 0.717) is 0 Å². The molecule has 1 aromatic rings. The minimum atomic E-state index is -0.279. The fraction of sp³-hybridized carbons (Fsp3) is 0.556. The molecule has 3 nitrogen and oxygen atoms in total. The molecule has 14 heavy (non-hydrogen) atoms. The fourth-order valence-electron chi connectivity index (χ4n) is 0.967. The molecule has 1 aromatic heterocycles. The Balaban J connectivity index is 2.59. The molecule has 0 aliphatic carbocycles. The molecule has 5 heteroatoms. The number of thiol groups is 1. The van der Waals surface area contributed by atoms with Gasteiger partial charge in [-0.25, -0.2) is 4.98 Å². The van der Waals surface area contributed by atoms with Gasteiger partial charge >= 0.3 is 0 Å². The van der Waals surface area contributed by atoms with Gasteiger partial charge < -0.3 is 5.32 Å². The number of nitrogens with one attached hydrogen (secondary N) is 1. The Morgan fingerprint density at radius 1 is 1.64 bits per heavy atom. The molecule has 0 fully saturated rings. The number of thiazole rings is 1. The number of amides is 1. The topological polar surface area (TPSA) is 42.0 Å². The van der Waals surface area contributed by atoms with Crippen LogP contribution in [-0.4, -0.2) is 16.1 Å². The van der Waals surface area contributed by atoms with Crippen molar-refractivity contribution >= 4 is 29.9 Å². The summed E-state index contributed by atoms with van der Waals surface area (Å²) in [4.78, 5) is 15.6. The highest BCUT2D eigenvalue weighted by Gasteiger charge is 2.14. The quantitative estimate of drug-likeness (QED) is 0.779. The maximum atomic E-state index is 11.3. The molecule has 78 valence electrons. The van der Waals surface area contributed by atoms with Gasteiger partial charge in [-0.1, -0.05) is 0 Å². The second-order valence-corrected chi connectivity index (χ2v) is 4.90. The third-order valence-corrected chi connectivity index (χ3v) is 3.13. The van der Waals surface area contributed by atoms with Crippen LogP contribution in [0.5, 0.6) is 0 Å². The van der Waals surface area contributed by atoms with E-state index in [2.05, 4.69) is 22.9 Å². The number of nitrogens with zero attached hydrogens (tertiary/aromatic N) is 1. The van der Waals surface area contributed by atoms with Crippen molar-refractivity contribution in [1.82, 2.24) is 10.3 Å². The average molecular weight is 230 g/mol. The molecule has 0 saturated carbocycles. The molecule has 0 aliphatic heterocycles. The Kier molecular flexibility index (Phi) is 3.95. The minimum absolute atomic E-state index is 0.0317. The number of aryl methyl sites for hydroxylation is 1. The van der Waals surface area contributed by atoms with Crippen LogP contribution in [0.25, 0.3) is 0 Å². The van der Waals surface area contributed by atoms with Gasteiger partial charge in [0, 0.05) is 11.1 Å². The number of rotatable bonds is 3. The second-order valence-electron chi connectivity index (χ2n) is 3.23. The van der Waals surface area contributed by atoms with E-state index in [9.17, 15) is 4.79 Å². The predicted molar refractivity (Wildman–Crippen MR) is 61.9 cm³/mol. The SMILES string of the molecule is Cc1csc(C(C)NC(=O)C(C)S)n1. The Hall–Kier alpha value is -0.550. The number of hydrogen-bond donors (Lipinski definition) is 2. The number of aromatic nitrogens is 1. The highest BCUT2D eigenvalue weighted by molar-refractivity contribution is 7.81. The lowest BCUT2D eigenvalue weighted by atomic mass is 10.3. The molecule has 2 unspecified atom stereocenters. The third kappa shape index (κ3) is 2.99. The van der Waals surface area contributed by atoms with E-state index in [-0.39, 0.29) is 17.2 Å². The minimum Gasteiger partial charge on any atom is -0.346 e. The van der Waals surface area contributed by atoms with Crippen LogP contribution < -0.4 is 5.32 Å². The van der Waals surface area contributed by atoms with E-state index >= 15 is 0 Å². The highest BCUT2D eigenvalue weighted by atomic mass is 32.1. The maximum absolute atomic E-state index is 11.3. The largest absolute Gasteiger partial charge is 0.346 e. The van der Waals surface area contributed by atoms with Crippen LogP contribution >= 0.6 is 24.0 Å². The summed E-state index contributed by atoms with van der Waals surface area (Å²) < 4.78 is 0. The lowest BCUT2D eigenvalue weighted by Gasteiger charge is -2.12. The molecule has 0 aliphatic rings. The molecule has 0 spiro atoms. The summed E-state index contributed by atoms with van der Waals surface area (Å²) in [5.74, 6) is -0.0614. The summed E-state index contributed by atoms with van der Waals surface area (Å²) in [6, 6.07) is -0.0317. The van der Waals surface area contributed by atoms with Crippen LogP contribution in [0.4, 0.5) is 0 Å². The number of carbonyl (C=O) groups excluding carboxylic acids is 1. The summed E-state index contributed by atoms with van der Waals surface area (Å²) >= 11 is 5.62. The summed E-state index contributed by atoms with van der Waals surface area (Å²) in [6.45, 7) is 5.61. The number of carbonyl (C=O) groups is 1. The second kappa shape index (κ2) is 4.79. The molecule has 1 rings (SSSR count). The Morgan fingerprint density at radius 3 is 2.71 bits per heavy atom. The van der Waals surface area contributed by atoms with Gasteiger partial charge in [0.05, 0.1) is 11.3 Å². The van der Waals surface area contributed by atoms with Crippen LogP contribution in [0.2, 0.25) is 0 Å². The standard InChI is InChI=1S/C9H14N2OS2/c1-5-4-14-9(10-5)6(2)11-8(12)7(3)13/h4,6-7,13H,1-3H3,(H,11,12). The van der Waals surface area contributed by atoms with Crippen LogP contribution in [0, 0.1) is 6.92 Å². The van der Waals surface area contributed by atoms with E-state index in [1.54, 1.807) is 18.3 Å². The van der Waals surface area contributed by atoms with E-state index in [1.807, 2.05) is 19.2 Å². The molecule has 0 aromatic carbocycles. The summed E-state index contributed by atoms with van der Waals surface area (Å²) in [7, 11) is 0. The van der Waals surface area contributed by atoms with Crippen molar-refractivity contribution in [2.75, 3.05) is 0 Å². The van der Waals surface area contributed by atoms with Crippen LogP contribution in [0.15, 0.2) is 5.38 Å². The lowest BCUT2D eigenvalue weighted by molar-refractivity contribution is -0.120. The van der Waals surface area contributed by atoms with E-state index in [4.69, 9.17) is 0 Å². The predicted octanol–water partition coefficient (Wildman–Crippen LogP) is 1.95. The van der Waals surface area contributed by atoms with Gasteiger partial charge in [-0.05, 0) is 20.8 Å². The Labute approximate surface area is 93.3 Å². The van der Waals surface area contributed by atoms with Gasteiger partial charge in [-0.2, -0.15) is 12.6 Å². The molecule has 0 bridgehead atoms. The molecule has 1 amide bonds. The van der Waals surface area contributed by atoms with Crippen molar-refractivity contribution in [2.45, 2.75) is 32.1 Å². The zero-order valence-electron chi connectivity index (χ0n) is 8.44. The van der Waals surface area contributed by atoms with Gasteiger partial charge in [-0.15, -0.1) is 11.3 Å². The first-order valence-corrected chi connectivity index (χ1v) is 5.80. The summed E-state index contributed by atoms with van der Waals surface area (Å²) in [5.41, 5.74) is 0.991. The van der Waals surface area contributed by atoms with Crippen molar-refractivity contribution in [3.8, 4) is 0 Å². The third-order valence-electron chi connectivity index (χ3n) is 1.75. The monoisotopic (exact) mass is 230 g/mol. The van der Waals surface area contributed by atoms with Crippen molar-refractivity contribution in [3.05, 3.63) is 16.1 Å². The molecule has 0 saturated heterocycles. The van der Waals surface area contributed by atoms with Gasteiger partial charge in [0.1, 0.15) is 5.01 Å².